The van der Waals surface area contributed by atoms with Gasteiger partial charge in [-0.3, -0.25) is 9.69 Å². The molecule has 1 N–H and O–H groups in total. The summed E-state index contributed by atoms with van der Waals surface area (Å²) >= 11 is 7.46. The van der Waals surface area contributed by atoms with Crippen LogP contribution in [0, 0.1) is 0 Å². The van der Waals surface area contributed by atoms with E-state index in [2.05, 4.69) is 17.1 Å². The second-order valence-corrected chi connectivity index (χ2v) is 7.11. The smallest absolute Gasteiger partial charge is 0.234 e. The van der Waals surface area contributed by atoms with Crippen LogP contribution in [0.3, 0.4) is 0 Å². The summed E-state index contributed by atoms with van der Waals surface area (Å²) < 4.78 is 0.792. The summed E-state index contributed by atoms with van der Waals surface area (Å²) in [7, 11) is 0. The molecule has 3 nitrogen and oxygen atoms in total. The second-order valence-electron chi connectivity index (χ2n) is 5.31. The lowest BCUT2D eigenvalue weighted by Gasteiger charge is -2.24. The predicted molar refractivity (Wildman–Crippen MR) is 78.2 cm³/mol. The average molecular weight is 289 g/mol. The van der Waals surface area contributed by atoms with Crippen LogP contribution in [-0.2, 0) is 11.3 Å². The number of halogens is 1. The molecule has 0 saturated heterocycles. The summed E-state index contributed by atoms with van der Waals surface area (Å²) in [6.45, 7) is 10.0. The van der Waals surface area contributed by atoms with Gasteiger partial charge in [-0.05, 0) is 39.4 Å². The number of nitrogens with zero attached hydrogens (tertiary/aromatic N) is 1. The van der Waals surface area contributed by atoms with Crippen molar-refractivity contribution < 1.29 is 4.79 Å². The highest BCUT2D eigenvalue weighted by molar-refractivity contribution is 7.16. The maximum atomic E-state index is 11.8. The van der Waals surface area contributed by atoms with Gasteiger partial charge in [-0.1, -0.05) is 18.5 Å². The molecule has 0 aromatic carbocycles. The molecule has 0 atom stereocenters. The number of carbonyl (C=O) groups is 1. The Morgan fingerprint density at radius 1 is 1.44 bits per heavy atom. The van der Waals surface area contributed by atoms with Crippen LogP contribution < -0.4 is 5.32 Å². The Morgan fingerprint density at radius 3 is 2.56 bits per heavy atom. The van der Waals surface area contributed by atoms with Gasteiger partial charge in [0.15, 0.2) is 0 Å². The van der Waals surface area contributed by atoms with Gasteiger partial charge in [-0.25, -0.2) is 0 Å². The summed E-state index contributed by atoms with van der Waals surface area (Å²) in [5.74, 6) is 0.0620. The summed E-state index contributed by atoms with van der Waals surface area (Å²) in [6, 6.07) is 3.90. The molecule has 0 aliphatic rings. The van der Waals surface area contributed by atoms with E-state index in [1.807, 2.05) is 32.9 Å². The fourth-order valence-corrected chi connectivity index (χ4v) is 2.73. The van der Waals surface area contributed by atoms with E-state index >= 15 is 0 Å². The molecule has 0 aliphatic heterocycles. The summed E-state index contributed by atoms with van der Waals surface area (Å²) in [6.07, 6.45) is 0. The van der Waals surface area contributed by atoms with Gasteiger partial charge in [0.1, 0.15) is 0 Å². The van der Waals surface area contributed by atoms with E-state index in [1.165, 1.54) is 4.88 Å². The molecule has 0 unspecified atom stereocenters. The highest BCUT2D eigenvalue weighted by Crippen LogP contribution is 2.22. The summed E-state index contributed by atoms with van der Waals surface area (Å²) in [5, 5.41) is 2.97. The summed E-state index contributed by atoms with van der Waals surface area (Å²) in [5.41, 5.74) is -0.178. The zero-order valence-corrected chi connectivity index (χ0v) is 13.0. The molecule has 0 fully saturated rings. The molecular weight excluding hydrogens is 268 g/mol. The monoisotopic (exact) mass is 288 g/mol. The molecule has 1 heterocycles. The maximum Gasteiger partial charge on any atom is 0.234 e. The Hall–Kier alpha value is -0.580. The van der Waals surface area contributed by atoms with Crippen molar-refractivity contribution >= 4 is 28.8 Å². The molecule has 0 radical (unpaired) electrons. The Kier molecular flexibility index (Phi) is 5.63. The Bertz CT molecular complexity index is 398. The van der Waals surface area contributed by atoms with Crippen molar-refractivity contribution in [3.8, 4) is 0 Å². The highest BCUT2D eigenvalue weighted by Gasteiger charge is 2.16. The standard InChI is InChI=1S/C13H21ClN2OS/c1-5-16(8-10-6-7-11(14)18-10)9-12(17)15-13(2,3)4/h6-7H,5,8-9H2,1-4H3,(H,15,17). The molecule has 102 valence electrons. The van der Waals surface area contributed by atoms with Crippen molar-refractivity contribution in [2.75, 3.05) is 13.1 Å². The highest BCUT2D eigenvalue weighted by atomic mass is 35.5. The number of amides is 1. The van der Waals surface area contributed by atoms with Gasteiger partial charge in [0, 0.05) is 17.0 Å². The average Bonchev–Trinajstić information content (AvgIpc) is 2.60. The van der Waals surface area contributed by atoms with Crippen molar-refractivity contribution in [1.82, 2.24) is 10.2 Å². The number of thiophene rings is 1. The largest absolute Gasteiger partial charge is 0.350 e. The third-order valence-electron chi connectivity index (χ3n) is 2.34. The molecule has 0 bridgehead atoms. The van der Waals surface area contributed by atoms with Gasteiger partial charge >= 0.3 is 0 Å². The zero-order valence-electron chi connectivity index (χ0n) is 11.4. The van der Waals surface area contributed by atoms with Crippen LogP contribution in [0.4, 0.5) is 0 Å². The second kappa shape index (κ2) is 6.55. The lowest BCUT2D eigenvalue weighted by Crippen LogP contribution is -2.45. The van der Waals surface area contributed by atoms with Gasteiger partial charge in [0.25, 0.3) is 0 Å². The van der Waals surface area contributed by atoms with E-state index in [9.17, 15) is 4.79 Å². The Balaban J connectivity index is 2.49. The predicted octanol–water partition coefficient (Wildman–Crippen LogP) is 3.14. The van der Waals surface area contributed by atoms with E-state index in [-0.39, 0.29) is 11.4 Å². The third kappa shape index (κ3) is 5.85. The minimum absolute atomic E-state index is 0.0620. The van der Waals surface area contributed by atoms with E-state index in [4.69, 9.17) is 11.6 Å². The van der Waals surface area contributed by atoms with E-state index in [0.717, 1.165) is 17.4 Å². The van der Waals surface area contributed by atoms with Gasteiger partial charge in [-0.15, -0.1) is 11.3 Å². The molecule has 1 amide bonds. The SMILES string of the molecule is CCN(CC(=O)NC(C)(C)C)Cc1ccc(Cl)s1. The molecule has 1 aromatic heterocycles. The minimum atomic E-state index is -0.178. The molecule has 1 aromatic rings. The van der Waals surface area contributed by atoms with Crippen molar-refractivity contribution in [3.05, 3.63) is 21.3 Å². The third-order valence-corrected chi connectivity index (χ3v) is 3.55. The first-order valence-electron chi connectivity index (χ1n) is 6.07. The fourth-order valence-electron chi connectivity index (χ4n) is 1.60. The van der Waals surface area contributed by atoms with Crippen molar-refractivity contribution in [2.45, 2.75) is 39.8 Å². The number of nitrogens with one attached hydrogen (secondary N) is 1. The normalized spacial score (nSPS) is 11.9. The van der Waals surface area contributed by atoms with Crippen molar-refractivity contribution in [3.63, 3.8) is 0 Å². The lowest BCUT2D eigenvalue weighted by molar-refractivity contribution is -0.123. The first-order chi connectivity index (χ1) is 8.30. The van der Waals surface area contributed by atoms with Crippen LogP contribution in [0.2, 0.25) is 4.34 Å². The van der Waals surface area contributed by atoms with Gasteiger partial charge in [-0.2, -0.15) is 0 Å². The summed E-state index contributed by atoms with van der Waals surface area (Å²) in [4.78, 5) is 15.1. The molecule has 5 heteroatoms. The first-order valence-corrected chi connectivity index (χ1v) is 7.27. The number of likely N-dealkylation sites (N-methyl/N-ethyl adjacent to an activating group) is 1. The van der Waals surface area contributed by atoms with Crippen LogP contribution in [0.1, 0.15) is 32.6 Å². The van der Waals surface area contributed by atoms with Gasteiger partial charge in [0.2, 0.25) is 5.91 Å². The van der Waals surface area contributed by atoms with Gasteiger partial charge in [0.05, 0.1) is 10.9 Å². The lowest BCUT2D eigenvalue weighted by atomic mass is 10.1. The zero-order chi connectivity index (χ0) is 13.8. The maximum absolute atomic E-state index is 11.8. The molecular formula is C13H21ClN2OS. The van der Waals surface area contributed by atoms with Crippen LogP contribution in [0.5, 0.6) is 0 Å². The van der Waals surface area contributed by atoms with Crippen LogP contribution >= 0.6 is 22.9 Å². The van der Waals surface area contributed by atoms with Crippen LogP contribution in [-0.4, -0.2) is 29.4 Å². The molecule has 0 saturated carbocycles. The van der Waals surface area contributed by atoms with Gasteiger partial charge < -0.3 is 5.32 Å². The van der Waals surface area contributed by atoms with E-state index in [1.54, 1.807) is 11.3 Å². The molecule has 1 rings (SSSR count). The van der Waals surface area contributed by atoms with E-state index in [0.29, 0.717) is 6.54 Å². The topological polar surface area (TPSA) is 32.3 Å². The fraction of sp³-hybridized carbons (Fsp3) is 0.615. The number of hydrogen-bond acceptors (Lipinski definition) is 3. The minimum Gasteiger partial charge on any atom is -0.350 e. The molecule has 0 aliphatic carbocycles. The first kappa shape index (κ1) is 15.5. The number of hydrogen-bond donors (Lipinski definition) is 1. The molecule has 0 spiro atoms. The van der Waals surface area contributed by atoms with E-state index < -0.39 is 0 Å². The van der Waals surface area contributed by atoms with Crippen LogP contribution in [0.15, 0.2) is 12.1 Å². The Morgan fingerprint density at radius 2 is 2.11 bits per heavy atom. The molecule has 18 heavy (non-hydrogen) atoms. The Labute approximate surface area is 118 Å². The van der Waals surface area contributed by atoms with Crippen molar-refractivity contribution in [1.29, 1.82) is 0 Å². The quantitative estimate of drug-likeness (QED) is 0.903. The van der Waals surface area contributed by atoms with Crippen LogP contribution in [0.25, 0.3) is 0 Å². The number of rotatable bonds is 5. The van der Waals surface area contributed by atoms with Crippen molar-refractivity contribution in [2.24, 2.45) is 0 Å². The number of carbonyl (C=O) groups excluding carboxylic acids is 1.